The molecule has 6 atom stereocenters. The first-order chi connectivity index (χ1) is 16.5. The molecular formula is C28H24FN3O2. The number of imide groups is 1. The smallest absolute Gasteiger partial charge is 0.254 e. The lowest BCUT2D eigenvalue weighted by Gasteiger charge is -2.37. The zero-order valence-corrected chi connectivity index (χ0v) is 18.8. The fraction of sp³-hybridized carbons (Fsp3) is 0.321. The van der Waals surface area contributed by atoms with E-state index >= 15 is 0 Å². The van der Waals surface area contributed by atoms with Crippen LogP contribution in [0.15, 0.2) is 65.8 Å². The van der Waals surface area contributed by atoms with E-state index in [1.807, 2.05) is 31.2 Å². The zero-order chi connectivity index (χ0) is 23.1. The van der Waals surface area contributed by atoms with Crippen molar-refractivity contribution in [2.75, 3.05) is 0 Å². The number of hydrogen-bond acceptors (Lipinski definition) is 3. The molecule has 0 radical (unpaired) electrons. The second kappa shape index (κ2) is 6.98. The van der Waals surface area contributed by atoms with Gasteiger partial charge < -0.3 is 4.57 Å². The molecule has 0 N–H and O–H groups in total. The molecule has 0 spiro atoms. The molecule has 170 valence electrons. The maximum atomic E-state index is 13.4. The van der Waals surface area contributed by atoms with Crippen LogP contribution >= 0.6 is 0 Å². The molecule has 1 saturated heterocycles. The Bertz CT molecular complexity index is 1380. The van der Waals surface area contributed by atoms with Gasteiger partial charge in [-0.1, -0.05) is 42.5 Å². The number of allylic oxidation sites excluding steroid dienone is 2. The first-order valence-corrected chi connectivity index (χ1v) is 12.0. The van der Waals surface area contributed by atoms with E-state index in [2.05, 4.69) is 21.8 Å². The van der Waals surface area contributed by atoms with Gasteiger partial charge in [0.2, 0.25) is 0 Å². The third kappa shape index (κ3) is 2.68. The first kappa shape index (κ1) is 19.9. The lowest BCUT2D eigenvalue weighted by molar-refractivity contribution is -0.140. The molecule has 8 rings (SSSR count). The highest BCUT2D eigenvalue weighted by molar-refractivity contribution is 6.08. The highest BCUT2D eigenvalue weighted by atomic mass is 19.1. The Morgan fingerprint density at radius 3 is 2.29 bits per heavy atom. The quantitative estimate of drug-likeness (QED) is 0.331. The summed E-state index contributed by atoms with van der Waals surface area (Å²) in [5, 5.41) is 6.62. The Balaban J connectivity index is 1.24. The van der Waals surface area contributed by atoms with Crippen molar-refractivity contribution < 1.29 is 14.0 Å². The number of para-hydroxylation sites is 1. The van der Waals surface area contributed by atoms with E-state index in [4.69, 9.17) is 0 Å². The molecule has 2 aromatic carbocycles. The Morgan fingerprint density at radius 1 is 0.971 bits per heavy atom. The average Bonchev–Trinajstić information content (AvgIpc) is 3.59. The van der Waals surface area contributed by atoms with Crippen LogP contribution < -0.4 is 0 Å². The molecule has 2 heterocycles. The van der Waals surface area contributed by atoms with Gasteiger partial charge in [0.1, 0.15) is 5.82 Å². The Labute approximate surface area is 196 Å². The predicted octanol–water partition coefficient (Wildman–Crippen LogP) is 4.52. The number of carbonyl (C=O) groups is 2. The summed E-state index contributed by atoms with van der Waals surface area (Å²) in [6, 6.07) is 14.5. The SMILES string of the molecule is Cc1c(/C=N\N2C(=O)[C@@H]3[C@H]4C=C[C@@H]([C@@H]5C[C@@H]45)[C@H]3C2=O)c2ccccc2n1Cc1ccc(F)cc1. The van der Waals surface area contributed by atoms with Gasteiger partial charge in [0, 0.05) is 28.7 Å². The standard InChI is InChI=1S/C28H24FN3O2/c1-15-23(18-4-2-3-5-24(18)31(15)14-16-6-8-17(29)9-7-16)13-30-32-27(33)25-19-10-11-20(22-12-21(19)22)26(25)28(32)34/h2-11,13,19-22,25-26H,12,14H2,1H3/b30-13-/t19-,20-,21-,22-,25+,26+/m0/s1. The second-order valence-corrected chi connectivity index (χ2v) is 10.1. The van der Waals surface area contributed by atoms with Gasteiger partial charge in [-0.05, 0) is 60.8 Å². The monoisotopic (exact) mass is 453 g/mol. The first-order valence-electron chi connectivity index (χ1n) is 12.0. The third-order valence-electron chi connectivity index (χ3n) is 8.48. The number of carbonyl (C=O) groups excluding carboxylic acids is 2. The van der Waals surface area contributed by atoms with E-state index in [1.54, 1.807) is 18.3 Å². The Hall–Kier alpha value is -3.54. The highest BCUT2D eigenvalue weighted by Crippen LogP contribution is 2.65. The largest absolute Gasteiger partial charge is 0.340 e. The van der Waals surface area contributed by atoms with Gasteiger partial charge in [-0.2, -0.15) is 10.1 Å². The van der Waals surface area contributed by atoms with Gasteiger partial charge in [0.15, 0.2) is 0 Å². The number of aromatic nitrogens is 1. The van der Waals surface area contributed by atoms with Crippen LogP contribution in [0.1, 0.15) is 23.2 Å². The van der Waals surface area contributed by atoms with Crippen LogP contribution in [0.3, 0.4) is 0 Å². The maximum Gasteiger partial charge on any atom is 0.254 e. The lowest BCUT2D eigenvalue weighted by atomic mass is 9.63. The molecule has 2 bridgehead atoms. The van der Waals surface area contributed by atoms with E-state index in [1.165, 1.54) is 12.1 Å². The van der Waals surface area contributed by atoms with Crippen LogP contribution in [0, 0.1) is 48.2 Å². The summed E-state index contributed by atoms with van der Waals surface area (Å²) in [6.45, 7) is 2.60. The second-order valence-electron chi connectivity index (χ2n) is 10.1. The fourth-order valence-electron chi connectivity index (χ4n) is 6.77. The molecule has 4 aliphatic carbocycles. The van der Waals surface area contributed by atoms with Gasteiger partial charge in [-0.25, -0.2) is 4.39 Å². The van der Waals surface area contributed by atoms with Crippen molar-refractivity contribution in [1.29, 1.82) is 0 Å². The van der Waals surface area contributed by atoms with Crippen molar-refractivity contribution in [3.8, 4) is 0 Å². The minimum atomic E-state index is -0.257. The van der Waals surface area contributed by atoms with E-state index in [9.17, 15) is 14.0 Å². The van der Waals surface area contributed by atoms with Gasteiger partial charge in [0.05, 0.1) is 18.1 Å². The molecule has 6 heteroatoms. The molecule has 1 aromatic heterocycles. The summed E-state index contributed by atoms with van der Waals surface area (Å²) in [5.74, 6) is 0.479. The topological polar surface area (TPSA) is 54.7 Å². The van der Waals surface area contributed by atoms with Crippen LogP contribution in [-0.4, -0.2) is 27.6 Å². The number of amides is 2. The van der Waals surface area contributed by atoms with E-state index in [0.717, 1.165) is 39.2 Å². The molecule has 2 amide bonds. The van der Waals surface area contributed by atoms with Crippen LogP contribution in [0.4, 0.5) is 4.39 Å². The van der Waals surface area contributed by atoms with Gasteiger partial charge in [-0.15, -0.1) is 0 Å². The van der Waals surface area contributed by atoms with Gasteiger partial charge in [-0.3, -0.25) is 9.59 Å². The van der Waals surface area contributed by atoms with Crippen LogP contribution in [0.2, 0.25) is 0 Å². The molecule has 1 aliphatic heterocycles. The summed E-state index contributed by atoms with van der Waals surface area (Å²) in [6.07, 6.45) is 7.16. The minimum Gasteiger partial charge on any atom is -0.340 e. The molecule has 5 nitrogen and oxygen atoms in total. The number of rotatable bonds is 4. The summed E-state index contributed by atoms with van der Waals surface area (Å²) >= 11 is 0. The molecule has 3 fully saturated rings. The highest BCUT2D eigenvalue weighted by Gasteiger charge is 2.67. The van der Waals surface area contributed by atoms with E-state index in [0.29, 0.717) is 18.4 Å². The normalized spacial score (nSPS) is 31.1. The maximum absolute atomic E-state index is 13.4. The summed E-state index contributed by atoms with van der Waals surface area (Å²) in [7, 11) is 0. The number of fused-ring (bicyclic) bond motifs is 1. The van der Waals surface area contributed by atoms with Gasteiger partial charge >= 0.3 is 0 Å². The summed E-state index contributed by atoms with van der Waals surface area (Å²) in [4.78, 5) is 26.5. The zero-order valence-electron chi connectivity index (χ0n) is 18.8. The summed E-state index contributed by atoms with van der Waals surface area (Å²) < 4.78 is 15.5. The molecule has 2 saturated carbocycles. The number of hydrazone groups is 1. The number of nitrogens with zero attached hydrogens (tertiary/aromatic N) is 3. The fourth-order valence-corrected chi connectivity index (χ4v) is 6.77. The third-order valence-corrected chi connectivity index (χ3v) is 8.48. The van der Waals surface area contributed by atoms with Crippen molar-refractivity contribution in [2.45, 2.75) is 19.9 Å². The predicted molar refractivity (Wildman–Crippen MR) is 126 cm³/mol. The average molecular weight is 454 g/mol. The number of hydrogen-bond donors (Lipinski definition) is 0. The summed E-state index contributed by atoms with van der Waals surface area (Å²) in [5.41, 5.74) is 3.89. The van der Waals surface area contributed by atoms with E-state index < -0.39 is 0 Å². The number of halogens is 1. The minimum absolute atomic E-state index is 0.149. The van der Waals surface area contributed by atoms with Crippen molar-refractivity contribution in [1.82, 2.24) is 9.58 Å². The van der Waals surface area contributed by atoms with Crippen LogP contribution in [-0.2, 0) is 16.1 Å². The van der Waals surface area contributed by atoms with Crippen molar-refractivity contribution >= 4 is 28.9 Å². The van der Waals surface area contributed by atoms with Crippen molar-refractivity contribution in [3.63, 3.8) is 0 Å². The Kier molecular flexibility index (Phi) is 4.08. The lowest BCUT2D eigenvalue weighted by Crippen LogP contribution is -2.40. The van der Waals surface area contributed by atoms with Crippen LogP contribution in [0.5, 0.6) is 0 Å². The van der Waals surface area contributed by atoms with E-state index in [-0.39, 0.29) is 41.3 Å². The van der Waals surface area contributed by atoms with Crippen LogP contribution in [0.25, 0.3) is 10.9 Å². The Morgan fingerprint density at radius 2 is 1.62 bits per heavy atom. The molecule has 34 heavy (non-hydrogen) atoms. The number of benzene rings is 2. The van der Waals surface area contributed by atoms with Crippen molar-refractivity contribution in [2.24, 2.45) is 40.6 Å². The molecule has 0 unspecified atom stereocenters. The molecular weight excluding hydrogens is 429 g/mol. The van der Waals surface area contributed by atoms with Gasteiger partial charge in [0.25, 0.3) is 11.8 Å². The van der Waals surface area contributed by atoms with Crippen molar-refractivity contribution in [3.05, 3.63) is 83.3 Å². The molecule has 3 aromatic rings. The molecule has 5 aliphatic rings.